The van der Waals surface area contributed by atoms with Crippen molar-refractivity contribution in [1.29, 1.82) is 0 Å². The van der Waals surface area contributed by atoms with E-state index in [1.807, 2.05) is 53.1 Å². The van der Waals surface area contributed by atoms with Crippen molar-refractivity contribution in [2.45, 2.75) is 32.4 Å². The lowest BCUT2D eigenvalue weighted by Gasteiger charge is -2.23. The van der Waals surface area contributed by atoms with Gasteiger partial charge in [-0.05, 0) is 48.6 Å². The Hall–Kier alpha value is -2.79. The van der Waals surface area contributed by atoms with Crippen molar-refractivity contribution in [3.8, 4) is 0 Å². The fourth-order valence-electron chi connectivity index (χ4n) is 4.08. The Morgan fingerprint density at radius 1 is 1.14 bits per heavy atom. The molecule has 144 valence electrons. The Balaban J connectivity index is 1.53. The van der Waals surface area contributed by atoms with E-state index in [1.54, 1.807) is 0 Å². The minimum atomic E-state index is -0.855. The number of carbonyl (C=O) groups is 2. The summed E-state index contributed by atoms with van der Waals surface area (Å²) in [5.74, 6) is -0.925. The highest BCUT2D eigenvalue weighted by molar-refractivity contribution is 6.30. The number of carboxylic acid groups (broad SMARTS) is 1. The summed E-state index contributed by atoms with van der Waals surface area (Å²) in [6.45, 7) is 0.420. The first-order chi connectivity index (χ1) is 13.5. The maximum absolute atomic E-state index is 12.7. The molecule has 0 saturated heterocycles. The fraction of sp³-hybridized carbons (Fsp3) is 0.273. The van der Waals surface area contributed by atoms with Crippen LogP contribution in [0.25, 0.3) is 10.9 Å². The number of aliphatic carboxylic acids is 1. The largest absolute Gasteiger partial charge is 0.480 e. The van der Waals surface area contributed by atoms with Crippen molar-refractivity contribution in [3.05, 3.63) is 70.4 Å². The lowest BCUT2D eigenvalue weighted by Crippen LogP contribution is -2.34. The zero-order valence-corrected chi connectivity index (χ0v) is 16.1. The number of benzene rings is 2. The molecule has 0 bridgehead atoms. The van der Waals surface area contributed by atoms with Gasteiger partial charge >= 0.3 is 5.97 Å². The number of hydrogen-bond acceptors (Lipinski definition) is 2. The molecule has 0 aliphatic heterocycles. The molecule has 6 heteroatoms. The van der Waals surface area contributed by atoms with E-state index in [2.05, 4.69) is 5.32 Å². The highest BCUT2D eigenvalue weighted by Gasteiger charge is 2.29. The SMILES string of the molecule is O=C(O)Cn1c2c(c3ccccc31)CC(C(=O)NCc1ccc(Cl)cc1)CC2. The highest BCUT2D eigenvalue weighted by atomic mass is 35.5. The summed E-state index contributed by atoms with van der Waals surface area (Å²) in [7, 11) is 0. The molecule has 0 radical (unpaired) electrons. The average molecular weight is 397 g/mol. The number of amides is 1. The van der Waals surface area contributed by atoms with Gasteiger partial charge in [0, 0.05) is 34.1 Å². The summed E-state index contributed by atoms with van der Waals surface area (Å²) in [4.78, 5) is 24.0. The maximum atomic E-state index is 12.7. The van der Waals surface area contributed by atoms with E-state index < -0.39 is 5.97 Å². The van der Waals surface area contributed by atoms with Crippen LogP contribution in [0, 0.1) is 5.92 Å². The molecule has 0 fully saturated rings. The van der Waals surface area contributed by atoms with E-state index >= 15 is 0 Å². The van der Waals surface area contributed by atoms with Crippen LogP contribution >= 0.6 is 11.6 Å². The molecular formula is C22H21ClN2O3. The Bertz CT molecular complexity index is 1040. The van der Waals surface area contributed by atoms with Gasteiger partial charge in [0.05, 0.1) is 0 Å². The molecule has 0 spiro atoms. The second-order valence-corrected chi connectivity index (χ2v) is 7.64. The fourth-order valence-corrected chi connectivity index (χ4v) is 4.20. The predicted octanol–water partition coefficient (Wildman–Crippen LogP) is 3.80. The van der Waals surface area contributed by atoms with Crippen LogP contribution in [0.3, 0.4) is 0 Å². The molecular weight excluding hydrogens is 376 g/mol. The lowest BCUT2D eigenvalue weighted by atomic mass is 9.85. The van der Waals surface area contributed by atoms with Crippen LogP contribution in [-0.2, 0) is 35.5 Å². The standard InChI is InChI=1S/C22H21ClN2O3/c23-16-8-5-14(6-9-16)12-24-22(28)15-7-10-20-18(11-15)17-3-1-2-4-19(17)25(20)13-21(26)27/h1-6,8-9,15H,7,10-13H2,(H,24,28)(H,26,27). The second-order valence-electron chi connectivity index (χ2n) is 7.21. The summed E-state index contributed by atoms with van der Waals surface area (Å²) >= 11 is 5.90. The van der Waals surface area contributed by atoms with Crippen LogP contribution in [0.1, 0.15) is 23.2 Å². The van der Waals surface area contributed by atoms with E-state index in [0.717, 1.165) is 34.1 Å². The monoisotopic (exact) mass is 396 g/mol. The van der Waals surface area contributed by atoms with Gasteiger partial charge < -0.3 is 15.0 Å². The third-order valence-corrected chi connectivity index (χ3v) is 5.67. The molecule has 1 amide bonds. The van der Waals surface area contributed by atoms with E-state index in [4.69, 9.17) is 11.6 Å². The molecule has 2 aromatic carbocycles. The van der Waals surface area contributed by atoms with Crippen molar-refractivity contribution in [2.24, 2.45) is 5.92 Å². The van der Waals surface area contributed by atoms with Crippen molar-refractivity contribution in [1.82, 2.24) is 9.88 Å². The number of fused-ring (bicyclic) bond motifs is 3. The molecule has 5 nitrogen and oxygen atoms in total. The van der Waals surface area contributed by atoms with Gasteiger partial charge in [-0.2, -0.15) is 0 Å². The number of para-hydroxylation sites is 1. The van der Waals surface area contributed by atoms with Crippen LogP contribution in [0.2, 0.25) is 5.02 Å². The molecule has 2 N–H and O–H groups in total. The molecule has 1 aromatic heterocycles. The number of nitrogens with one attached hydrogen (secondary N) is 1. The third-order valence-electron chi connectivity index (χ3n) is 5.42. The summed E-state index contributed by atoms with van der Waals surface area (Å²) < 4.78 is 1.88. The number of carbonyl (C=O) groups excluding carboxylic acids is 1. The predicted molar refractivity (Wildman–Crippen MR) is 108 cm³/mol. The number of rotatable bonds is 5. The second kappa shape index (κ2) is 7.68. The van der Waals surface area contributed by atoms with Crippen LogP contribution in [0.15, 0.2) is 48.5 Å². The molecule has 1 heterocycles. The van der Waals surface area contributed by atoms with Gasteiger partial charge in [-0.25, -0.2) is 0 Å². The average Bonchev–Trinajstić information content (AvgIpc) is 3.00. The molecule has 1 aliphatic rings. The maximum Gasteiger partial charge on any atom is 0.323 e. The van der Waals surface area contributed by atoms with Gasteiger partial charge in [0.25, 0.3) is 0 Å². The molecule has 0 saturated carbocycles. The van der Waals surface area contributed by atoms with Crippen molar-refractivity contribution in [3.63, 3.8) is 0 Å². The van der Waals surface area contributed by atoms with Gasteiger partial charge in [0.1, 0.15) is 6.54 Å². The summed E-state index contributed by atoms with van der Waals surface area (Å²) in [5.41, 5.74) is 4.09. The van der Waals surface area contributed by atoms with Crippen molar-refractivity contribution < 1.29 is 14.7 Å². The van der Waals surface area contributed by atoms with Crippen molar-refractivity contribution >= 4 is 34.4 Å². The number of nitrogens with zero attached hydrogens (tertiary/aromatic N) is 1. The van der Waals surface area contributed by atoms with Gasteiger partial charge in [-0.15, -0.1) is 0 Å². The van der Waals surface area contributed by atoms with Gasteiger partial charge in [0.2, 0.25) is 5.91 Å². The molecule has 3 aromatic rings. The smallest absolute Gasteiger partial charge is 0.323 e. The molecule has 1 unspecified atom stereocenters. The van der Waals surface area contributed by atoms with Gasteiger partial charge in [0.15, 0.2) is 0 Å². The zero-order chi connectivity index (χ0) is 19.7. The Morgan fingerprint density at radius 3 is 2.64 bits per heavy atom. The number of halogens is 1. The van der Waals surface area contributed by atoms with Crippen LogP contribution in [0.5, 0.6) is 0 Å². The summed E-state index contributed by atoms with van der Waals surface area (Å²) in [6.07, 6.45) is 2.06. The quantitative estimate of drug-likeness (QED) is 0.689. The van der Waals surface area contributed by atoms with E-state index in [-0.39, 0.29) is 18.4 Å². The first kappa shape index (κ1) is 18.6. The molecule has 1 atom stereocenters. The molecule has 4 rings (SSSR count). The Labute approximate surface area is 167 Å². The Kier molecular flexibility index (Phi) is 5.09. The highest BCUT2D eigenvalue weighted by Crippen LogP contribution is 2.34. The van der Waals surface area contributed by atoms with E-state index in [0.29, 0.717) is 24.4 Å². The Morgan fingerprint density at radius 2 is 1.89 bits per heavy atom. The van der Waals surface area contributed by atoms with Crippen LogP contribution in [-0.4, -0.2) is 21.6 Å². The number of hydrogen-bond donors (Lipinski definition) is 2. The summed E-state index contributed by atoms with van der Waals surface area (Å²) in [5, 5.41) is 14.0. The molecule has 1 aliphatic carbocycles. The van der Waals surface area contributed by atoms with Crippen molar-refractivity contribution in [2.75, 3.05) is 0 Å². The molecule has 28 heavy (non-hydrogen) atoms. The van der Waals surface area contributed by atoms with Crippen LogP contribution in [0.4, 0.5) is 0 Å². The number of aromatic nitrogens is 1. The van der Waals surface area contributed by atoms with E-state index in [1.165, 1.54) is 0 Å². The first-order valence-electron chi connectivity index (χ1n) is 9.36. The normalized spacial score (nSPS) is 16.0. The first-order valence-corrected chi connectivity index (χ1v) is 9.73. The van der Waals surface area contributed by atoms with Gasteiger partial charge in [-0.1, -0.05) is 41.9 Å². The minimum absolute atomic E-state index is 0.0377. The third kappa shape index (κ3) is 3.62. The zero-order valence-electron chi connectivity index (χ0n) is 15.3. The minimum Gasteiger partial charge on any atom is -0.480 e. The number of carboxylic acids is 1. The topological polar surface area (TPSA) is 71.3 Å². The van der Waals surface area contributed by atoms with E-state index in [9.17, 15) is 14.7 Å². The van der Waals surface area contributed by atoms with Crippen LogP contribution < -0.4 is 5.32 Å². The lowest BCUT2D eigenvalue weighted by molar-refractivity contribution is -0.137. The summed E-state index contributed by atoms with van der Waals surface area (Å²) in [6, 6.07) is 15.3. The van der Waals surface area contributed by atoms with Gasteiger partial charge in [-0.3, -0.25) is 9.59 Å².